The molecule has 1 N–H and O–H groups in total. The SMILES string of the molecule is Cc1cc(C(=O)O)nc(C(C)C)n1. The van der Waals surface area contributed by atoms with E-state index in [-0.39, 0.29) is 11.6 Å². The lowest BCUT2D eigenvalue weighted by Crippen LogP contribution is -2.07. The molecule has 0 bridgehead atoms. The van der Waals surface area contributed by atoms with Crippen LogP contribution in [0.5, 0.6) is 0 Å². The van der Waals surface area contributed by atoms with Gasteiger partial charge in [-0.1, -0.05) is 13.8 Å². The van der Waals surface area contributed by atoms with E-state index in [1.54, 1.807) is 6.92 Å². The van der Waals surface area contributed by atoms with Gasteiger partial charge in [-0.15, -0.1) is 0 Å². The minimum absolute atomic E-state index is 0.0659. The summed E-state index contributed by atoms with van der Waals surface area (Å²) in [7, 11) is 0. The van der Waals surface area contributed by atoms with Gasteiger partial charge in [0.05, 0.1) is 0 Å². The zero-order chi connectivity index (χ0) is 10.0. The number of carbonyl (C=O) groups is 1. The highest BCUT2D eigenvalue weighted by Gasteiger charge is 2.10. The molecule has 4 heteroatoms. The number of aromatic carboxylic acids is 1. The molecule has 0 atom stereocenters. The maximum atomic E-state index is 10.6. The number of aryl methyl sites for hydroxylation is 1. The minimum Gasteiger partial charge on any atom is -0.477 e. The van der Waals surface area contributed by atoms with Gasteiger partial charge >= 0.3 is 5.97 Å². The predicted octanol–water partition coefficient (Wildman–Crippen LogP) is 1.61. The van der Waals surface area contributed by atoms with Gasteiger partial charge in [0.2, 0.25) is 0 Å². The van der Waals surface area contributed by atoms with Crippen LogP contribution >= 0.6 is 0 Å². The maximum absolute atomic E-state index is 10.6. The van der Waals surface area contributed by atoms with E-state index in [0.717, 1.165) is 0 Å². The van der Waals surface area contributed by atoms with Gasteiger partial charge in [-0.2, -0.15) is 0 Å². The second-order valence-electron chi connectivity index (χ2n) is 3.21. The van der Waals surface area contributed by atoms with Crippen LogP contribution in [0, 0.1) is 6.92 Å². The van der Waals surface area contributed by atoms with Crippen molar-refractivity contribution in [3.8, 4) is 0 Å². The van der Waals surface area contributed by atoms with E-state index in [1.165, 1.54) is 6.07 Å². The molecule has 1 aromatic rings. The third-order valence-electron chi connectivity index (χ3n) is 1.61. The van der Waals surface area contributed by atoms with E-state index in [1.807, 2.05) is 13.8 Å². The smallest absolute Gasteiger partial charge is 0.354 e. The summed E-state index contributed by atoms with van der Waals surface area (Å²) in [5.41, 5.74) is 0.757. The van der Waals surface area contributed by atoms with Crippen molar-refractivity contribution in [2.24, 2.45) is 0 Å². The lowest BCUT2D eigenvalue weighted by Gasteiger charge is -2.05. The van der Waals surface area contributed by atoms with Gasteiger partial charge in [0.25, 0.3) is 0 Å². The number of hydrogen-bond donors (Lipinski definition) is 1. The van der Waals surface area contributed by atoms with E-state index in [4.69, 9.17) is 5.11 Å². The molecule has 13 heavy (non-hydrogen) atoms. The first kappa shape index (κ1) is 9.64. The highest BCUT2D eigenvalue weighted by molar-refractivity contribution is 5.85. The number of rotatable bonds is 2. The number of nitrogens with zero attached hydrogens (tertiary/aromatic N) is 2. The normalized spacial score (nSPS) is 10.5. The Bertz CT molecular complexity index is 334. The number of carboxylic acid groups (broad SMARTS) is 1. The molecule has 0 spiro atoms. The van der Waals surface area contributed by atoms with Gasteiger partial charge in [-0.3, -0.25) is 0 Å². The van der Waals surface area contributed by atoms with Gasteiger partial charge in [-0.25, -0.2) is 14.8 Å². The first-order valence-corrected chi connectivity index (χ1v) is 4.09. The fourth-order valence-electron chi connectivity index (χ4n) is 0.959. The molecular weight excluding hydrogens is 168 g/mol. The molecule has 0 aliphatic heterocycles. The van der Waals surface area contributed by atoms with Crippen LogP contribution in [0.3, 0.4) is 0 Å². The zero-order valence-corrected chi connectivity index (χ0v) is 7.90. The molecule has 0 saturated heterocycles. The molecule has 0 aromatic carbocycles. The molecule has 0 aliphatic rings. The Morgan fingerprint density at radius 2 is 2.08 bits per heavy atom. The Balaban J connectivity index is 3.19. The van der Waals surface area contributed by atoms with Crippen LogP contribution in [0.15, 0.2) is 6.07 Å². The Labute approximate surface area is 76.7 Å². The summed E-state index contributed by atoms with van der Waals surface area (Å²) < 4.78 is 0. The zero-order valence-electron chi connectivity index (χ0n) is 7.90. The van der Waals surface area contributed by atoms with Crippen molar-refractivity contribution < 1.29 is 9.90 Å². The number of aromatic nitrogens is 2. The average molecular weight is 180 g/mol. The van der Waals surface area contributed by atoms with Crippen molar-refractivity contribution in [1.29, 1.82) is 0 Å². The van der Waals surface area contributed by atoms with Crippen LogP contribution in [-0.4, -0.2) is 21.0 Å². The molecule has 0 radical (unpaired) electrons. The summed E-state index contributed by atoms with van der Waals surface area (Å²) >= 11 is 0. The lowest BCUT2D eigenvalue weighted by molar-refractivity contribution is 0.0689. The summed E-state index contributed by atoms with van der Waals surface area (Å²) in [6, 6.07) is 1.47. The molecule has 1 heterocycles. The Morgan fingerprint density at radius 1 is 1.46 bits per heavy atom. The Hall–Kier alpha value is -1.45. The van der Waals surface area contributed by atoms with Crippen LogP contribution < -0.4 is 0 Å². The van der Waals surface area contributed by atoms with Gasteiger partial charge in [-0.05, 0) is 13.0 Å². The highest BCUT2D eigenvalue weighted by Crippen LogP contribution is 2.10. The first-order chi connectivity index (χ1) is 6.00. The molecule has 0 saturated carbocycles. The van der Waals surface area contributed by atoms with Gasteiger partial charge in [0, 0.05) is 11.6 Å². The Morgan fingerprint density at radius 3 is 2.54 bits per heavy atom. The third kappa shape index (κ3) is 2.24. The third-order valence-corrected chi connectivity index (χ3v) is 1.61. The van der Waals surface area contributed by atoms with Crippen LogP contribution in [0.2, 0.25) is 0 Å². The van der Waals surface area contributed by atoms with E-state index in [9.17, 15) is 4.79 Å². The summed E-state index contributed by atoms with van der Waals surface area (Å²) in [6.45, 7) is 5.63. The molecule has 1 rings (SSSR count). The number of hydrogen-bond acceptors (Lipinski definition) is 3. The van der Waals surface area contributed by atoms with Crippen molar-refractivity contribution >= 4 is 5.97 Å². The molecule has 4 nitrogen and oxygen atoms in total. The Kier molecular flexibility index (Phi) is 2.60. The largest absolute Gasteiger partial charge is 0.477 e. The molecule has 70 valence electrons. The van der Waals surface area contributed by atoms with Crippen molar-refractivity contribution in [2.45, 2.75) is 26.7 Å². The van der Waals surface area contributed by atoms with Crippen molar-refractivity contribution in [1.82, 2.24) is 9.97 Å². The van der Waals surface area contributed by atoms with Crippen molar-refractivity contribution in [3.05, 3.63) is 23.3 Å². The summed E-state index contributed by atoms with van der Waals surface area (Å²) in [5.74, 6) is -0.275. The number of carboxylic acids is 1. The second kappa shape index (κ2) is 3.51. The van der Waals surface area contributed by atoms with Crippen LogP contribution in [-0.2, 0) is 0 Å². The topological polar surface area (TPSA) is 63.1 Å². The molecule has 0 amide bonds. The van der Waals surface area contributed by atoms with Gasteiger partial charge < -0.3 is 5.11 Å². The maximum Gasteiger partial charge on any atom is 0.354 e. The highest BCUT2D eigenvalue weighted by atomic mass is 16.4. The van der Waals surface area contributed by atoms with Crippen LogP contribution in [0.4, 0.5) is 0 Å². The molecule has 0 fully saturated rings. The van der Waals surface area contributed by atoms with Crippen LogP contribution in [0.1, 0.15) is 41.8 Å². The summed E-state index contributed by atoms with van der Waals surface area (Å²) in [4.78, 5) is 18.7. The van der Waals surface area contributed by atoms with Crippen molar-refractivity contribution in [2.75, 3.05) is 0 Å². The first-order valence-electron chi connectivity index (χ1n) is 4.09. The molecule has 1 aromatic heterocycles. The summed E-state index contributed by atoms with van der Waals surface area (Å²) in [5, 5.41) is 8.73. The fourth-order valence-corrected chi connectivity index (χ4v) is 0.959. The van der Waals surface area contributed by atoms with E-state index in [0.29, 0.717) is 11.5 Å². The van der Waals surface area contributed by atoms with E-state index < -0.39 is 5.97 Å². The standard InChI is InChI=1S/C9H12N2O2/c1-5(2)8-10-6(3)4-7(11-8)9(12)13/h4-5H,1-3H3,(H,12,13). The predicted molar refractivity (Wildman–Crippen MR) is 47.8 cm³/mol. The lowest BCUT2D eigenvalue weighted by atomic mass is 10.2. The second-order valence-corrected chi connectivity index (χ2v) is 3.21. The minimum atomic E-state index is -1.01. The summed E-state index contributed by atoms with van der Waals surface area (Å²) in [6.07, 6.45) is 0. The van der Waals surface area contributed by atoms with Crippen LogP contribution in [0.25, 0.3) is 0 Å². The fraction of sp³-hybridized carbons (Fsp3) is 0.444. The molecular formula is C9H12N2O2. The quantitative estimate of drug-likeness (QED) is 0.750. The van der Waals surface area contributed by atoms with Crippen molar-refractivity contribution in [3.63, 3.8) is 0 Å². The molecule has 0 aliphatic carbocycles. The van der Waals surface area contributed by atoms with Gasteiger partial charge in [0.15, 0.2) is 5.69 Å². The van der Waals surface area contributed by atoms with E-state index in [2.05, 4.69) is 9.97 Å². The average Bonchev–Trinajstić information content (AvgIpc) is 2.03. The van der Waals surface area contributed by atoms with Gasteiger partial charge in [0.1, 0.15) is 5.82 Å². The molecule has 0 unspecified atom stereocenters. The van der Waals surface area contributed by atoms with E-state index >= 15 is 0 Å². The monoisotopic (exact) mass is 180 g/mol.